The van der Waals surface area contributed by atoms with Gasteiger partial charge in [0.25, 0.3) is 5.91 Å². The van der Waals surface area contributed by atoms with E-state index in [-0.39, 0.29) is 16.2 Å². The van der Waals surface area contributed by atoms with Gasteiger partial charge in [-0.1, -0.05) is 0 Å². The van der Waals surface area contributed by atoms with Crippen molar-refractivity contribution >= 4 is 27.3 Å². The smallest absolute Gasteiger partial charge is 0.254 e. The van der Waals surface area contributed by atoms with Crippen molar-refractivity contribution in [1.29, 1.82) is 0 Å². The summed E-state index contributed by atoms with van der Waals surface area (Å²) in [5.41, 5.74) is 0.387. The lowest BCUT2D eigenvalue weighted by Crippen LogP contribution is -2.51. The summed E-state index contributed by atoms with van der Waals surface area (Å²) in [6.45, 7) is 4.00. The summed E-state index contributed by atoms with van der Waals surface area (Å²) in [5.74, 6) is -0.144. The van der Waals surface area contributed by atoms with Gasteiger partial charge in [0.05, 0.1) is 5.56 Å². The van der Waals surface area contributed by atoms with Crippen molar-refractivity contribution in [2.75, 3.05) is 19.6 Å². The molecule has 0 aromatic carbocycles. The molecular formula is C10H15N3O3S2. The second-order valence-corrected chi connectivity index (χ2v) is 7.01. The molecule has 1 saturated heterocycles. The molecule has 1 aromatic rings. The average molecular weight is 289 g/mol. The Kier molecular flexibility index (Phi) is 3.71. The van der Waals surface area contributed by atoms with Gasteiger partial charge in [0.1, 0.15) is 4.21 Å². The third kappa shape index (κ3) is 2.89. The second-order valence-electron chi connectivity index (χ2n) is 4.31. The van der Waals surface area contributed by atoms with Gasteiger partial charge in [-0.3, -0.25) is 4.79 Å². The summed E-state index contributed by atoms with van der Waals surface area (Å²) in [6.07, 6.45) is 0. The molecule has 1 aliphatic heterocycles. The topological polar surface area (TPSA) is 92.5 Å². The fraction of sp³-hybridized carbons (Fsp3) is 0.500. The van der Waals surface area contributed by atoms with Crippen LogP contribution in [0.1, 0.15) is 17.3 Å². The van der Waals surface area contributed by atoms with Crippen molar-refractivity contribution in [3.05, 3.63) is 17.0 Å². The standard InChI is InChI=1S/C10H15N3O3S2/c1-7-5-13(3-2-12-7)10(14)8-4-9(17-6-8)18(11,15)16/h4,6-7,12H,2-3,5H2,1H3,(H2,11,15,16)/t7-/m1/s1. The fourth-order valence-corrected chi connectivity index (χ4v) is 3.46. The number of sulfonamides is 1. The van der Waals surface area contributed by atoms with Crippen LogP contribution in [0.15, 0.2) is 15.7 Å². The van der Waals surface area contributed by atoms with Gasteiger partial charge >= 0.3 is 0 Å². The molecule has 0 unspecified atom stereocenters. The predicted molar refractivity (Wildman–Crippen MR) is 69.1 cm³/mol. The third-order valence-corrected chi connectivity index (χ3v) is 5.14. The van der Waals surface area contributed by atoms with E-state index in [9.17, 15) is 13.2 Å². The fourth-order valence-electron chi connectivity index (χ4n) is 1.88. The number of piperazine rings is 1. The van der Waals surface area contributed by atoms with Crippen molar-refractivity contribution in [2.45, 2.75) is 17.2 Å². The summed E-state index contributed by atoms with van der Waals surface area (Å²) >= 11 is 0.974. The second kappa shape index (κ2) is 4.96. The first-order valence-corrected chi connectivity index (χ1v) is 7.94. The van der Waals surface area contributed by atoms with Gasteiger partial charge in [-0.25, -0.2) is 13.6 Å². The van der Waals surface area contributed by atoms with Crippen molar-refractivity contribution in [2.24, 2.45) is 5.14 Å². The Hall–Kier alpha value is -0.960. The van der Waals surface area contributed by atoms with Gasteiger partial charge in [0.15, 0.2) is 0 Å². The lowest BCUT2D eigenvalue weighted by molar-refractivity contribution is 0.0709. The normalized spacial score (nSPS) is 21.0. The van der Waals surface area contributed by atoms with E-state index in [1.807, 2.05) is 6.92 Å². The van der Waals surface area contributed by atoms with Gasteiger partial charge in [-0.2, -0.15) is 0 Å². The van der Waals surface area contributed by atoms with Crippen LogP contribution in [-0.4, -0.2) is 44.9 Å². The highest BCUT2D eigenvalue weighted by Gasteiger charge is 2.23. The van der Waals surface area contributed by atoms with E-state index in [0.717, 1.165) is 17.9 Å². The van der Waals surface area contributed by atoms with Crippen LogP contribution in [-0.2, 0) is 10.0 Å². The highest BCUT2D eigenvalue weighted by molar-refractivity contribution is 7.91. The molecule has 8 heteroatoms. The number of hydrogen-bond acceptors (Lipinski definition) is 5. The molecule has 3 N–H and O–H groups in total. The zero-order chi connectivity index (χ0) is 13.3. The zero-order valence-corrected chi connectivity index (χ0v) is 11.6. The molecule has 1 atom stereocenters. The van der Waals surface area contributed by atoms with E-state index in [2.05, 4.69) is 5.32 Å². The van der Waals surface area contributed by atoms with Crippen LogP contribution in [0.3, 0.4) is 0 Å². The minimum atomic E-state index is -3.72. The number of rotatable bonds is 2. The van der Waals surface area contributed by atoms with Gasteiger partial charge in [0, 0.05) is 31.1 Å². The van der Waals surface area contributed by atoms with Crippen molar-refractivity contribution < 1.29 is 13.2 Å². The lowest BCUT2D eigenvalue weighted by Gasteiger charge is -2.31. The van der Waals surface area contributed by atoms with E-state index in [1.54, 1.807) is 4.90 Å². The number of thiophene rings is 1. The first-order valence-electron chi connectivity index (χ1n) is 5.52. The summed E-state index contributed by atoms with van der Waals surface area (Å²) in [6, 6.07) is 1.59. The molecule has 2 heterocycles. The Morgan fingerprint density at radius 3 is 2.89 bits per heavy atom. The van der Waals surface area contributed by atoms with Gasteiger partial charge in [0.2, 0.25) is 10.0 Å². The molecule has 0 bridgehead atoms. The van der Waals surface area contributed by atoms with E-state index >= 15 is 0 Å². The number of nitrogens with one attached hydrogen (secondary N) is 1. The van der Waals surface area contributed by atoms with Crippen LogP contribution in [0.4, 0.5) is 0 Å². The summed E-state index contributed by atoms with van der Waals surface area (Å²) in [7, 11) is -3.72. The molecule has 0 radical (unpaired) electrons. The van der Waals surface area contributed by atoms with Gasteiger partial charge in [-0.15, -0.1) is 11.3 Å². The molecule has 0 aliphatic carbocycles. The van der Waals surface area contributed by atoms with E-state index < -0.39 is 10.0 Å². The monoisotopic (exact) mass is 289 g/mol. The van der Waals surface area contributed by atoms with Crippen LogP contribution >= 0.6 is 11.3 Å². The Morgan fingerprint density at radius 1 is 1.61 bits per heavy atom. The molecule has 0 spiro atoms. The molecule has 1 fully saturated rings. The number of carbonyl (C=O) groups excluding carboxylic acids is 1. The predicted octanol–water partition coefficient (Wildman–Crippen LogP) is -0.171. The van der Waals surface area contributed by atoms with Gasteiger partial charge < -0.3 is 10.2 Å². The molecule has 100 valence electrons. The number of primary sulfonamides is 1. The lowest BCUT2D eigenvalue weighted by atomic mass is 10.2. The van der Waals surface area contributed by atoms with Crippen molar-refractivity contribution in [3.8, 4) is 0 Å². The molecule has 1 amide bonds. The molecule has 1 aromatic heterocycles. The third-order valence-electron chi connectivity index (χ3n) is 2.76. The van der Waals surface area contributed by atoms with E-state index in [4.69, 9.17) is 5.14 Å². The Morgan fingerprint density at radius 2 is 2.33 bits per heavy atom. The quantitative estimate of drug-likeness (QED) is 0.790. The summed E-state index contributed by atoms with van der Waals surface area (Å²) < 4.78 is 22.3. The van der Waals surface area contributed by atoms with Crippen molar-refractivity contribution in [1.82, 2.24) is 10.2 Å². The van der Waals surface area contributed by atoms with Crippen LogP contribution in [0, 0.1) is 0 Å². The SMILES string of the molecule is C[C@@H]1CN(C(=O)c2csc(S(N)(=O)=O)c2)CCN1. The number of nitrogens with two attached hydrogens (primary N) is 1. The van der Waals surface area contributed by atoms with Crippen LogP contribution < -0.4 is 10.5 Å². The number of amides is 1. The Balaban J connectivity index is 2.16. The Labute approximate surface area is 110 Å². The van der Waals surface area contributed by atoms with Crippen molar-refractivity contribution in [3.63, 3.8) is 0 Å². The molecule has 1 aliphatic rings. The van der Waals surface area contributed by atoms with E-state index in [1.165, 1.54) is 11.4 Å². The van der Waals surface area contributed by atoms with Crippen LogP contribution in [0.25, 0.3) is 0 Å². The van der Waals surface area contributed by atoms with Crippen LogP contribution in [0.5, 0.6) is 0 Å². The number of nitrogens with zero attached hydrogens (tertiary/aromatic N) is 1. The first kappa shape index (κ1) is 13.5. The zero-order valence-electron chi connectivity index (χ0n) is 9.92. The average Bonchev–Trinajstić information content (AvgIpc) is 2.77. The molecule has 6 nitrogen and oxygen atoms in total. The minimum Gasteiger partial charge on any atom is -0.336 e. The first-order chi connectivity index (χ1) is 8.38. The largest absolute Gasteiger partial charge is 0.336 e. The highest BCUT2D eigenvalue weighted by atomic mass is 32.2. The highest BCUT2D eigenvalue weighted by Crippen LogP contribution is 2.20. The Bertz CT molecular complexity index is 552. The van der Waals surface area contributed by atoms with E-state index in [0.29, 0.717) is 18.7 Å². The summed E-state index contributed by atoms with van der Waals surface area (Å²) in [5, 5.41) is 9.80. The summed E-state index contributed by atoms with van der Waals surface area (Å²) in [4.78, 5) is 13.9. The minimum absolute atomic E-state index is 0.0223. The van der Waals surface area contributed by atoms with Crippen LogP contribution in [0.2, 0.25) is 0 Å². The maximum atomic E-state index is 12.2. The molecular weight excluding hydrogens is 274 g/mol. The molecule has 18 heavy (non-hydrogen) atoms. The number of hydrogen-bond donors (Lipinski definition) is 2. The molecule has 2 rings (SSSR count). The molecule has 0 saturated carbocycles. The maximum Gasteiger partial charge on any atom is 0.254 e. The maximum absolute atomic E-state index is 12.2. The number of carbonyl (C=O) groups is 1. The van der Waals surface area contributed by atoms with Gasteiger partial charge in [-0.05, 0) is 13.0 Å².